The van der Waals surface area contributed by atoms with Crippen molar-refractivity contribution in [3.63, 3.8) is 0 Å². The molecule has 1 aliphatic rings. The van der Waals surface area contributed by atoms with Crippen molar-refractivity contribution in [2.45, 2.75) is 45.1 Å². The van der Waals surface area contributed by atoms with Gasteiger partial charge in [-0.25, -0.2) is 15.8 Å². The molecule has 1 saturated carbocycles. The van der Waals surface area contributed by atoms with Crippen molar-refractivity contribution in [1.29, 1.82) is 0 Å². The number of rotatable bonds is 6. The van der Waals surface area contributed by atoms with Crippen LogP contribution in [0, 0.1) is 5.92 Å². The Labute approximate surface area is 113 Å². The van der Waals surface area contributed by atoms with Gasteiger partial charge in [-0.15, -0.1) is 0 Å². The fraction of sp³-hybridized carbons (Fsp3) is 0.692. The molecule has 1 fully saturated rings. The fourth-order valence-corrected chi connectivity index (χ4v) is 2.77. The van der Waals surface area contributed by atoms with Gasteiger partial charge in [0.1, 0.15) is 18.0 Å². The zero-order valence-electron chi connectivity index (χ0n) is 11.4. The lowest BCUT2D eigenvalue weighted by Crippen LogP contribution is -2.28. The molecule has 2 atom stereocenters. The number of nitrogens with one attached hydrogen (secondary N) is 2. The molecule has 1 aromatic rings. The van der Waals surface area contributed by atoms with Crippen molar-refractivity contribution < 1.29 is 5.11 Å². The third-order valence-corrected chi connectivity index (χ3v) is 3.80. The maximum Gasteiger partial charge on any atom is 0.148 e. The molecule has 6 heteroatoms. The Morgan fingerprint density at radius 2 is 2.16 bits per heavy atom. The number of aliphatic hydroxyl groups is 1. The summed E-state index contributed by atoms with van der Waals surface area (Å²) in [5.74, 6) is 7.34. The summed E-state index contributed by atoms with van der Waals surface area (Å²) in [6.07, 6.45) is 6.69. The summed E-state index contributed by atoms with van der Waals surface area (Å²) >= 11 is 0. The number of nitrogen functional groups attached to an aromatic ring is 1. The minimum atomic E-state index is 0.230. The maximum absolute atomic E-state index is 9.38. The van der Waals surface area contributed by atoms with E-state index in [2.05, 4.69) is 27.6 Å². The van der Waals surface area contributed by atoms with E-state index in [-0.39, 0.29) is 6.61 Å². The topological polar surface area (TPSA) is 96.1 Å². The van der Waals surface area contributed by atoms with Gasteiger partial charge >= 0.3 is 0 Å². The lowest BCUT2D eigenvalue weighted by molar-refractivity contribution is 0.222. The summed E-state index contributed by atoms with van der Waals surface area (Å²) in [6, 6.07) is 0.293. The first-order valence-electron chi connectivity index (χ1n) is 6.98. The van der Waals surface area contributed by atoms with Crippen LogP contribution in [-0.2, 0) is 6.42 Å². The van der Waals surface area contributed by atoms with Gasteiger partial charge in [-0.3, -0.25) is 0 Å². The van der Waals surface area contributed by atoms with Gasteiger partial charge in [-0.2, -0.15) is 0 Å². The summed E-state index contributed by atoms with van der Waals surface area (Å²) in [6.45, 7) is 2.34. The van der Waals surface area contributed by atoms with Gasteiger partial charge in [0.25, 0.3) is 0 Å². The van der Waals surface area contributed by atoms with Crippen LogP contribution in [0.25, 0.3) is 0 Å². The maximum atomic E-state index is 9.38. The van der Waals surface area contributed by atoms with Crippen LogP contribution in [-0.4, -0.2) is 27.7 Å². The quantitative estimate of drug-likeness (QED) is 0.457. The smallest absolute Gasteiger partial charge is 0.148 e. The molecule has 0 saturated heterocycles. The third kappa shape index (κ3) is 3.13. The van der Waals surface area contributed by atoms with Gasteiger partial charge in [-0.1, -0.05) is 19.8 Å². The number of hydrogen-bond donors (Lipinski definition) is 4. The Morgan fingerprint density at radius 3 is 2.84 bits per heavy atom. The second kappa shape index (κ2) is 6.68. The molecule has 2 unspecified atom stereocenters. The molecular weight excluding hydrogens is 242 g/mol. The highest BCUT2D eigenvalue weighted by atomic mass is 16.3. The average Bonchev–Trinajstić information content (AvgIpc) is 2.88. The Kier molecular flexibility index (Phi) is 4.93. The number of nitrogens with two attached hydrogens (primary N) is 1. The molecule has 0 bridgehead atoms. The van der Waals surface area contributed by atoms with E-state index in [1.807, 2.05) is 0 Å². The van der Waals surface area contributed by atoms with Crippen molar-refractivity contribution in [2.75, 3.05) is 17.3 Å². The van der Waals surface area contributed by atoms with Gasteiger partial charge in [0, 0.05) is 24.1 Å². The molecule has 0 spiro atoms. The normalized spacial score (nSPS) is 22.5. The van der Waals surface area contributed by atoms with Crippen LogP contribution in [0.2, 0.25) is 0 Å². The van der Waals surface area contributed by atoms with E-state index in [1.54, 1.807) is 0 Å². The minimum absolute atomic E-state index is 0.230. The summed E-state index contributed by atoms with van der Waals surface area (Å²) in [4.78, 5) is 8.49. The van der Waals surface area contributed by atoms with Crippen LogP contribution >= 0.6 is 0 Å². The van der Waals surface area contributed by atoms with Gasteiger partial charge in [0.2, 0.25) is 0 Å². The minimum Gasteiger partial charge on any atom is -0.396 e. The molecule has 19 heavy (non-hydrogen) atoms. The SMILES string of the molecule is CCCc1c(NN)ncnc1NC1CCCC1CO. The zero-order chi connectivity index (χ0) is 13.7. The van der Waals surface area contributed by atoms with Crippen molar-refractivity contribution in [3.8, 4) is 0 Å². The van der Waals surface area contributed by atoms with E-state index < -0.39 is 0 Å². The standard InChI is InChI=1S/C13H23N5O/c1-2-4-10-12(15-8-16-13(10)18-14)17-11-6-3-5-9(11)7-19/h8-9,11,19H,2-7,14H2,1H3,(H2,15,16,17,18). The molecule has 5 N–H and O–H groups in total. The highest BCUT2D eigenvalue weighted by molar-refractivity contribution is 5.57. The number of nitrogens with zero attached hydrogens (tertiary/aromatic N) is 2. The van der Waals surface area contributed by atoms with Crippen molar-refractivity contribution in [3.05, 3.63) is 11.9 Å². The third-order valence-electron chi connectivity index (χ3n) is 3.80. The van der Waals surface area contributed by atoms with E-state index in [4.69, 9.17) is 5.84 Å². The molecule has 0 amide bonds. The van der Waals surface area contributed by atoms with Crippen molar-refractivity contribution in [1.82, 2.24) is 9.97 Å². The molecule has 0 aromatic carbocycles. The first-order valence-corrected chi connectivity index (χ1v) is 6.98. The van der Waals surface area contributed by atoms with Gasteiger partial charge in [0.15, 0.2) is 0 Å². The van der Waals surface area contributed by atoms with Crippen LogP contribution in [0.3, 0.4) is 0 Å². The number of anilines is 2. The summed E-state index contributed by atoms with van der Waals surface area (Å²) in [5, 5.41) is 12.8. The molecule has 6 nitrogen and oxygen atoms in total. The lowest BCUT2D eigenvalue weighted by atomic mass is 10.0. The molecule has 1 aliphatic carbocycles. The van der Waals surface area contributed by atoms with Crippen LogP contribution in [0.5, 0.6) is 0 Å². The van der Waals surface area contributed by atoms with E-state index in [1.165, 1.54) is 6.33 Å². The molecule has 1 heterocycles. The zero-order valence-corrected chi connectivity index (χ0v) is 11.4. The molecule has 0 aliphatic heterocycles. The monoisotopic (exact) mass is 265 g/mol. The first-order chi connectivity index (χ1) is 9.30. The Morgan fingerprint density at radius 1 is 1.37 bits per heavy atom. The van der Waals surface area contributed by atoms with Gasteiger partial charge < -0.3 is 15.8 Å². The number of hydrogen-bond acceptors (Lipinski definition) is 6. The van der Waals surface area contributed by atoms with E-state index in [0.29, 0.717) is 17.8 Å². The molecular formula is C13H23N5O. The van der Waals surface area contributed by atoms with Crippen LogP contribution in [0.4, 0.5) is 11.6 Å². The fourth-order valence-electron chi connectivity index (χ4n) is 2.77. The van der Waals surface area contributed by atoms with Crippen molar-refractivity contribution >= 4 is 11.6 Å². The van der Waals surface area contributed by atoms with Crippen LogP contribution in [0.15, 0.2) is 6.33 Å². The second-order valence-electron chi connectivity index (χ2n) is 5.07. The number of aromatic nitrogens is 2. The van der Waals surface area contributed by atoms with Crippen LogP contribution < -0.4 is 16.6 Å². The summed E-state index contributed by atoms with van der Waals surface area (Å²) in [5.41, 5.74) is 3.65. The van der Waals surface area contributed by atoms with Gasteiger partial charge in [0.05, 0.1) is 0 Å². The predicted octanol–water partition coefficient (Wildman–Crippen LogP) is 1.29. The Balaban J connectivity index is 2.19. The van der Waals surface area contributed by atoms with E-state index in [9.17, 15) is 5.11 Å². The average molecular weight is 265 g/mol. The lowest BCUT2D eigenvalue weighted by Gasteiger charge is -2.22. The summed E-state index contributed by atoms with van der Waals surface area (Å²) < 4.78 is 0. The largest absolute Gasteiger partial charge is 0.396 e. The first kappa shape index (κ1) is 14.0. The number of aliphatic hydroxyl groups excluding tert-OH is 1. The molecule has 0 radical (unpaired) electrons. The number of hydrazine groups is 1. The van der Waals surface area contributed by atoms with E-state index in [0.717, 1.165) is 43.5 Å². The highest BCUT2D eigenvalue weighted by Gasteiger charge is 2.27. The molecule has 106 valence electrons. The molecule has 1 aromatic heterocycles. The Hall–Kier alpha value is -1.40. The van der Waals surface area contributed by atoms with Gasteiger partial charge in [-0.05, 0) is 19.3 Å². The second-order valence-corrected chi connectivity index (χ2v) is 5.07. The molecule has 2 rings (SSSR count). The Bertz CT molecular complexity index is 412. The predicted molar refractivity (Wildman–Crippen MR) is 75.7 cm³/mol. The van der Waals surface area contributed by atoms with Crippen molar-refractivity contribution in [2.24, 2.45) is 11.8 Å². The van der Waals surface area contributed by atoms with Crippen LogP contribution in [0.1, 0.15) is 38.2 Å². The highest BCUT2D eigenvalue weighted by Crippen LogP contribution is 2.30. The van der Waals surface area contributed by atoms with E-state index >= 15 is 0 Å². The summed E-state index contributed by atoms with van der Waals surface area (Å²) in [7, 11) is 0.